The van der Waals surface area contributed by atoms with E-state index in [2.05, 4.69) is 22.1 Å². The lowest BCUT2D eigenvalue weighted by molar-refractivity contribution is 0.0696. The number of halogens is 1. The number of alkyl halides is 1. The number of hydrogen-bond acceptors (Lipinski definition) is 5. The number of ketones is 1. The average molecular weight is 554 g/mol. The number of nitrogens with zero attached hydrogens (tertiary/aromatic N) is 4. The van der Waals surface area contributed by atoms with Crippen molar-refractivity contribution in [2.75, 3.05) is 13.8 Å². The monoisotopic (exact) mass is 553 g/mol. The topological polar surface area (TPSA) is 110 Å². The normalized spacial score (nSPS) is 10.7. The number of imidazole rings is 2. The van der Waals surface area contributed by atoms with Crippen molar-refractivity contribution in [1.82, 2.24) is 19.1 Å². The average Bonchev–Trinajstić information content (AvgIpc) is 3.61. The molecule has 208 valence electrons. The zero-order valence-corrected chi connectivity index (χ0v) is 22.1. The number of benzene rings is 4. The third-order valence-electron chi connectivity index (χ3n) is 6.35. The Kier molecular flexibility index (Phi) is 9.21. The van der Waals surface area contributed by atoms with Crippen molar-refractivity contribution >= 4 is 33.8 Å². The third kappa shape index (κ3) is 7.09. The van der Waals surface area contributed by atoms with Gasteiger partial charge in [0.25, 0.3) is 0 Å². The van der Waals surface area contributed by atoms with Gasteiger partial charge >= 0.3 is 5.97 Å². The molecule has 6 rings (SSSR count). The molecule has 0 aliphatic heterocycles. The molecule has 8 nitrogen and oxygen atoms in total. The van der Waals surface area contributed by atoms with Crippen LogP contribution < -0.4 is 0 Å². The first kappa shape index (κ1) is 27.4. The second kappa shape index (κ2) is 13.8. The highest BCUT2D eigenvalue weighted by Crippen LogP contribution is 2.18. The molecule has 0 aliphatic carbocycles. The highest BCUT2D eigenvalue weighted by molar-refractivity contribution is 5.99. The molecule has 2 heterocycles. The maximum atomic E-state index is 11.6. The first-order valence-electron chi connectivity index (χ1n) is 13.3. The van der Waals surface area contributed by atoms with E-state index in [1.807, 2.05) is 57.7 Å². The molecule has 6 aromatic rings. The van der Waals surface area contributed by atoms with Crippen LogP contribution in [0.3, 0.4) is 0 Å². The highest BCUT2D eigenvalue weighted by atomic mass is 19.1. The van der Waals surface area contributed by atoms with Gasteiger partial charge in [0.1, 0.15) is 6.61 Å². The van der Waals surface area contributed by atoms with Gasteiger partial charge in [-0.1, -0.05) is 60.7 Å². The van der Waals surface area contributed by atoms with Crippen molar-refractivity contribution in [3.05, 3.63) is 132 Å². The van der Waals surface area contributed by atoms with Gasteiger partial charge in [-0.15, -0.1) is 0 Å². The van der Waals surface area contributed by atoms with Crippen molar-refractivity contribution in [3.8, 4) is 0 Å². The molecule has 0 aliphatic rings. The van der Waals surface area contributed by atoms with E-state index in [1.54, 1.807) is 49.1 Å². The fourth-order valence-electron chi connectivity index (χ4n) is 4.32. The van der Waals surface area contributed by atoms with E-state index in [-0.39, 0.29) is 11.3 Å². The Bertz CT molecular complexity index is 1770. The van der Waals surface area contributed by atoms with E-state index in [0.717, 1.165) is 27.6 Å². The molecule has 0 bridgehead atoms. The van der Waals surface area contributed by atoms with Gasteiger partial charge in [0, 0.05) is 18.7 Å². The van der Waals surface area contributed by atoms with E-state index < -0.39 is 19.7 Å². The molecule has 0 radical (unpaired) electrons. The predicted molar refractivity (Wildman–Crippen MR) is 156 cm³/mol. The molecular formula is C32H29FN4O4. The van der Waals surface area contributed by atoms with E-state index in [1.165, 1.54) is 5.56 Å². The van der Waals surface area contributed by atoms with Crippen molar-refractivity contribution in [3.63, 3.8) is 0 Å². The number of carbonyl (C=O) groups is 2. The Hall–Kier alpha value is -5.15. The largest absolute Gasteiger partial charge is 0.478 e. The van der Waals surface area contributed by atoms with Crippen LogP contribution >= 0.6 is 0 Å². The Morgan fingerprint density at radius 3 is 1.63 bits per heavy atom. The minimum absolute atomic E-state index is 0.278. The molecular weight excluding hydrogens is 523 g/mol. The lowest BCUT2D eigenvalue weighted by atomic mass is 10.1. The summed E-state index contributed by atoms with van der Waals surface area (Å²) in [7, 11) is -1.00. The molecule has 2 N–H and O–H groups in total. The van der Waals surface area contributed by atoms with Gasteiger partial charge in [-0.25, -0.2) is 14.8 Å². The molecule has 9 heteroatoms. The number of carboxylic acids is 1. The van der Waals surface area contributed by atoms with Gasteiger partial charge in [-0.2, -0.15) is 0 Å². The van der Waals surface area contributed by atoms with Gasteiger partial charge in [0.15, 0.2) is 5.78 Å². The van der Waals surface area contributed by atoms with Crippen LogP contribution in [-0.2, 0) is 13.1 Å². The Morgan fingerprint density at radius 2 is 1.20 bits per heavy atom. The van der Waals surface area contributed by atoms with E-state index in [0.29, 0.717) is 18.7 Å². The van der Waals surface area contributed by atoms with Crippen LogP contribution in [0.4, 0.5) is 4.39 Å². The number of Topliss-reactive ketones (excluding diaryl/α,β-unsaturated/α-hetero) is 1. The Balaban J connectivity index is 0.000000177. The fraction of sp³-hybridized carbons (Fsp3) is 0.125. The summed E-state index contributed by atoms with van der Waals surface area (Å²) in [5.41, 5.74) is 6.50. The maximum absolute atomic E-state index is 11.6. The van der Waals surface area contributed by atoms with E-state index in [9.17, 15) is 14.0 Å². The van der Waals surface area contributed by atoms with Crippen molar-refractivity contribution in [2.24, 2.45) is 0 Å². The molecule has 0 fully saturated rings. The molecule has 2 aromatic heterocycles. The third-order valence-corrected chi connectivity index (χ3v) is 6.35. The van der Waals surface area contributed by atoms with Crippen LogP contribution in [0.15, 0.2) is 110 Å². The lowest BCUT2D eigenvalue weighted by Crippen LogP contribution is -2.04. The first-order chi connectivity index (χ1) is 20.4. The SMILES string of the molecule is O=C(CO)c1ccc2ncn(Cc3ccccc3)c2c1.O=C(O)c1ccc2ncn(Cc3ccccc3)c2c1.[2H]CF. The van der Waals surface area contributed by atoms with E-state index >= 15 is 0 Å². The van der Waals surface area contributed by atoms with Gasteiger partial charge in [-0.3, -0.25) is 9.18 Å². The Labute approximate surface area is 237 Å². The second-order valence-electron chi connectivity index (χ2n) is 9.01. The van der Waals surface area contributed by atoms with Crippen LogP contribution in [0, 0.1) is 0 Å². The van der Waals surface area contributed by atoms with Crippen LogP contribution in [0.25, 0.3) is 22.1 Å². The van der Waals surface area contributed by atoms with Crippen molar-refractivity contribution in [1.29, 1.82) is 0 Å². The van der Waals surface area contributed by atoms with Crippen molar-refractivity contribution in [2.45, 2.75) is 13.1 Å². The number of aliphatic hydroxyl groups excluding tert-OH is 1. The number of aromatic carboxylic acids is 1. The molecule has 0 unspecified atom stereocenters. The smallest absolute Gasteiger partial charge is 0.335 e. The molecule has 41 heavy (non-hydrogen) atoms. The summed E-state index contributed by atoms with van der Waals surface area (Å²) in [6.45, 7) is 0.910. The summed E-state index contributed by atoms with van der Waals surface area (Å²) >= 11 is 0. The molecule has 0 saturated carbocycles. The van der Waals surface area contributed by atoms with E-state index in [4.69, 9.17) is 11.6 Å². The highest BCUT2D eigenvalue weighted by Gasteiger charge is 2.10. The molecule has 0 spiro atoms. The summed E-state index contributed by atoms with van der Waals surface area (Å²) in [4.78, 5) is 31.2. The van der Waals surface area contributed by atoms with Gasteiger partial charge in [-0.05, 0) is 47.5 Å². The summed E-state index contributed by atoms with van der Waals surface area (Å²) < 4.78 is 19.5. The lowest BCUT2D eigenvalue weighted by Gasteiger charge is -2.05. The number of aromatic nitrogens is 4. The molecule has 4 aromatic carbocycles. The van der Waals surface area contributed by atoms with Gasteiger partial charge in [0.05, 0.1) is 48.8 Å². The number of rotatable bonds is 7. The predicted octanol–water partition coefficient (Wildman–Crippen LogP) is 5.63. The van der Waals surface area contributed by atoms with Crippen molar-refractivity contribution < 1.29 is 25.6 Å². The van der Waals surface area contributed by atoms with Crippen LogP contribution in [0.2, 0.25) is 0 Å². The number of aliphatic hydroxyl groups is 1. The molecule has 0 amide bonds. The van der Waals surface area contributed by atoms with Gasteiger partial charge < -0.3 is 19.3 Å². The first-order valence-corrected chi connectivity index (χ1v) is 12.6. The number of hydrogen-bond donors (Lipinski definition) is 2. The number of fused-ring (bicyclic) bond motifs is 2. The summed E-state index contributed by atoms with van der Waals surface area (Å²) in [5.74, 6) is -1.20. The number of carboxylic acid groups (broad SMARTS) is 1. The minimum Gasteiger partial charge on any atom is -0.478 e. The zero-order chi connectivity index (χ0) is 29.9. The maximum Gasteiger partial charge on any atom is 0.335 e. The van der Waals surface area contributed by atoms with Gasteiger partial charge in [0.2, 0.25) is 0 Å². The standard InChI is InChI=1S/C16H14N2O2.C15H12N2O2.CH3F/c19-10-16(20)13-6-7-14-15(8-13)18(11-17-14)9-12-4-2-1-3-5-12;18-15(19)12-6-7-13-14(8-12)17(10-16-13)9-11-4-2-1-3-5-11;1-2/h1-8,11,19H,9-10H2;1-8,10H,9H2,(H,18,19);1H3/i;;1D. The quantitative estimate of drug-likeness (QED) is 0.248. The minimum atomic E-state index is -1.00. The zero-order valence-electron chi connectivity index (χ0n) is 23.1. The van der Waals surface area contributed by atoms with Crippen LogP contribution in [-0.4, -0.2) is 54.8 Å². The molecule has 0 saturated heterocycles. The fourth-order valence-corrected chi connectivity index (χ4v) is 4.32. The second-order valence-corrected chi connectivity index (χ2v) is 9.01. The summed E-state index contributed by atoms with van der Waals surface area (Å²) in [5, 5.41) is 18.0. The number of carbonyl (C=O) groups excluding carboxylic acids is 1. The Morgan fingerprint density at radius 1 is 0.756 bits per heavy atom. The van der Waals surface area contributed by atoms with Crippen LogP contribution in [0.1, 0.15) is 33.2 Å². The molecule has 0 atom stereocenters. The van der Waals surface area contributed by atoms with Crippen LogP contribution in [0.5, 0.6) is 0 Å². The summed E-state index contributed by atoms with van der Waals surface area (Å²) in [6.07, 6.45) is 3.51. The summed E-state index contributed by atoms with van der Waals surface area (Å²) in [6, 6.07) is 30.3.